The minimum absolute atomic E-state index is 0.144. The number of aromatic nitrogens is 3. The molecule has 35 heavy (non-hydrogen) atoms. The lowest BCUT2D eigenvalue weighted by atomic mass is 9.92. The molecule has 3 saturated heterocycles. The minimum atomic E-state index is -0.464. The molecule has 2 N–H and O–H groups in total. The highest BCUT2D eigenvalue weighted by Gasteiger charge is 2.24. The average Bonchev–Trinajstić information content (AvgIpc) is 2.91. The number of azo groups is 1. The molecule has 5 rings (SSSR count). The van der Waals surface area contributed by atoms with E-state index >= 15 is 0 Å². The molecule has 3 aliphatic heterocycles. The van der Waals surface area contributed by atoms with Gasteiger partial charge in [-0.15, -0.1) is 5.11 Å². The van der Waals surface area contributed by atoms with E-state index in [2.05, 4.69) is 46.8 Å². The zero-order valence-corrected chi connectivity index (χ0v) is 20.1. The molecule has 0 radical (unpaired) electrons. The van der Waals surface area contributed by atoms with Crippen LogP contribution in [-0.4, -0.2) is 73.6 Å². The fourth-order valence-corrected chi connectivity index (χ4v) is 4.97. The molecular formula is C24H34FN9O. The lowest BCUT2D eigenvalue weighted by Crippen LogP contribution is -2.50. The Kier molecular flexibility index (Phi) is 8.07. The number of hydrogen-bond donors (Lipinski definition) is 2. The molecule has 5 heterocycles. The molecule has 1 unspecified atom stereocenters. The Morgan fingerprint density at radius 3 is 2.69 bits per heavy atom. The van der Waals surface area contributed by atoms with Gasteiger partial charge in [0.05, 0.1) is 43.2 Å². The SMILES string of the molecule is Fc1cnc(N=NCc2ccc(N3CCCC(CC4NCCCN4)C3)cn2)nc1N1CCOCC1. The van der Waals surface area contributed by atoms with Gasteiger partial charge in [0.1, 0.15) is 6.54 Å². The van der Waals surface area contributed by atoms with E-state index < -0.39 is 5.82 Å². The van der Waals surface area contributed by atoms with Crippen LogP contribution in [0.3, 0.4) is 0 Å². The smallest absolute Gasteiger partial charge is 0.270 e. The maximum Gasteiger partial charge on any atom is 0.270 e. The highest BCUT2D eigenvalue weighted by atomic mass is 19.1. The van der Waals surface area contributed by atoms with Crippen molar-refractivity contribution in [3.8, 4) is 0 Å². The first-order valence-corrected chi connectivity index (χ1v) is 12.6. The van der Waals surface area contributed by atoms with Gasteiger partial charge in [-0.25, -0.2) is 9.37 Å². The number of nitrogens with one attached hydrogen (secondary N) is 2. The Bertz CT molecular complexity index is 977. The van der Waals surface area contributed by atoms with Gasteiger partial charge in [0.15, 0.2) is 11.6 Å². The second-order valence-corrected chi connectivity index (χ2v) is 9.35. The molecule has 3 fully saturated rings. The van der Waals surface area contributed by atoms with Gasteiger partial charge in [-0.3, -0.25) is 4.98 Å². The van der Waals surface area contributed by atoms with Crippen LogP contribution in [-0.2, 0) is 11.3 Å². The number of morpholine rings is 1. The Morgan fingerprint density at radius 1 is 1.03 bits per heavy atom. The Morgan fingerprint density at radius 2 is 1.89 bits per heavy atom. The number of halogens is 1. The van der Waals surface area contributed by atoms with Crippen molar-refractivity contribution < 1.29 is 9.13 Å². The molecule has 0 bridgehead atoms. The third kappa shape index (κ3) is 6.47. The molecule has 1 atom stereocenters. The second-order valence-electron chi connectivity index (χ2n) is 9.35. The van der Waals surface area contributed by atoms with Gasteiger partial charge in [-0.2, -0.15) is 10.1 Å². The summed E-state index contributed by atoms with van der Waals surface area (Å²) < 4.78 is 19.5. The molecule has 2 aromatic rings. The van der Waals surface area contributed by atoms with Crippen molar-refractivity contribution in [1.82, 2.24) is 25.6 Å². The molecule has 2 aromatic heterocycles. The maximum atomic E-state index is 14.2. The molecule has 10 nitrogen and oxygen atoms in total. The highest BCUT2D eigenvalue weighted by Crippen LogP contribution is 2.26. The summed E-state index contributed by atoms with van der Waals surface area (Å²) in [6, 6.07) is 4.11. The van der Waals surface area contributed by atoms with Crippen LogP contribution in [0.15, 0.2) is 34.8 Å². The van der Waals surface area contributed by atoms with Gasteiger partial charge in [-0.1, -0.05) is 0 Å². The minimum Gasteiger partial charge on any atom is -0.378 e. The fourth-order valence-electron chi connectivity index (χ4n) is 4.97. The summed E-state index contributed by atoms with van der Waals surface area (Å²) in [7, 11) is 0. The summed E-state index contributed by atoms with van der Waals surface area (Å²) in [4.78, 5) is 17.1. The first-order valence-electron chi connectivity index (χ1n) is 12.6. The number of rotatable bonds is 7. The third-order valence-electron chi connectivity index (χ3n) is 6.81. The van der Waals surface area contributed by atoms with Crippen LogP contribution in [0.1, 0.15) is 31.4 Å². The predicted molar refractivity (Wildman–Crippen MR) is 131 cm³/mol. The Hall–Kier alpha value is -2.76. The van der Waals surface area contributed by atoms with Crippen molar-refractivity contribution in [3.05, 3.63) is 36.0 Å². The number of nitrogens with zero attached hydrogens (tertiary/aromatic N) is 7. The van der Waals surface area contributed by atoms with Crippen molar-refractivity contribution in [2.75, 3.05) is 62.3 Å². The van der Waals surface area contributed by atoms with Gasteiger partial charge in [0, 0.05) is 26.2 Å². The highest BCUT2D eigenvalue weighted by molar-refractivity contribution is 5.45. The van der Waals surface area contributed by atoms with Crippen LogP contribution < -0.4 is 20.4 Å². The zero-order chi connectivity index (χ0) is 23.9. The molecule has 0 aromatic carbocycles. The van der Waals surface area contributed by atoms with Crippen molar-refractivity contribution in [1.29, 1.82) is 0 Å². The quantitative estimate of drug-likeness (QED) is 0.580. The van der Waals surface area contributed by atoms with E-state index in [1.807, 2.05) is 17.2 Å². The van der Waals surface area contributed by atoms with E-state index in [-0.39, 0.29) is 11.8 Å². The summed E-state index contributed by atoms with van der Waals surface area (Å²) in [5.41, 5.74) is 1.97. The number of pyridine rings is 1. The molecular weight excluding hydrogens is 449 g/mol. The first-order chi connectivity index (χ1) is 17.2. The van der Waals surface area contributed by atoms with Crippen molar-refractivity contribution in [2.24, 2.45) is 16.1 Å². The predicted octanol–water partition coefficient (Wildman–Crippen LogP) is 2.65. The van der Waals surface area contributed by atoms with Crippen LogP contribution in [0, 0.1) is 11.7 Å². The van der Waals surface area contributed by atoms with E-state index in [1.54, 1.807) is 0 Å². The summed E-state index contributed by atoms with van der Waals surface area (Å²) in [6.07, 6.45) is 8.37. The third-order valence-corrected chi connectivity index (χ3v) is 6.81. The maximum absolute atomic E-state index is 14.2. The molecule has 0 amide bonds. The molecule has 0 spiro atoms. The lowest BCUT2D eigenvalue weighted by Gasteiger charge is -2.37. The van der Waals surface area contributed by atoms with Crippen molar-refractivity contribution >= 4 is 17.5 Å². The van der Waals surface area contributed by atoms with Crippen LogP contribution in [0.5, 0.6) is 0 Å². The molecule has 11 heteroatoms. The van der Waals surface area contributed by atoms with E-state index in [0.717, 1.165) is 43.8 Å². The van der Waals surface area contributed by atoms with Gasteiger partial charge < -0.3 is 25.2 Å². The van der Waals surface area contributed by atoms with Gasteiger partial charge in [0.2, 0.25) is 0 Å². The van der Waals surface area contributed by atoms with Crippen LogP contribution in [0.4, 0.5) is 21.8 Å². The van der Waals surface area contributed by atoms with Gasteiger partial charge in [0.25, 0.3) is 5.95 Å². The topological polar surface area (TPSA) is 103 Å². The van der Waals surface area contributed by atoms with E-state index in [9.17, 15) is 4.39 Å². The van der Waals surface area contributed by atoms with E-state index in [4.69, 9.17) is 4.74 Å². The summed E-state index contributed by atoms with van der Waals surface area (Å²) in [5, 5.41) is 15.5. The first kappa shape index (κ1) is 24.0. The molecule has 188 valence electrons. The summed E-state index contributed by atoms with van der Waals surface area (Å²) >= 11 is 0. The average molecular weight is 484 g/mol. The van der Waals surface area contributed by atoms with Crippen molar-refractivity contribution in [3.63, 3.8) is 0 Å². The normalized spacial score (nSPS) is 22.1. The second kappa shape index (κ2) is 11.8. The van der Waals surface area contributed by atoms with Crippen LogP contribution in [0.2, 0.25) is 0 Å². The van der Waals surface area contributed by atoms with Crippen LogP contribution >= 0.6 is 0 Å². The molecule has 0 aliphatic carbocycles. The molecule has 0 saturated carbocycles. The van der Waals surface area contributed by atoms with E-state index in [1.165, 1.54) is 25.7 Å². The summed E-state index contributed by atoms with van der Waals surface area (Å²) in [5.74, 6) is 0.605. The standard InChI is InChI=1S/C24H34FN9O/c25-21-16-29-24(31-23(21)33-9-11-35-12-10-33)32-30-14-19-4-5-20(15-28-19)34-8-1-3-18(17-34)13-22-26-6-2-7-27-22/h4-5,15-16,18,22,26-27H,1-3,6-14,17H2. The monoisotopic (exact) mass is 483 g/mol. The fraction of sp³-hybridized carbons (Fsp3) is 0.625. The number of anilines is 2. The van der Waals surface area contributed by atoms with Gasteiger partial charge in [-0.05, 0) is 56.8 Å². The number of hydrogen-bond acceptors (Lipinski definition) is 10. The summed E-state index contributed by atoms with van der Waals surface area (Å²) in [6.45, 7) is 6.95. The largest absolute Gasteiger partial charge is 0.378 e. The number of piperidine rings is 1. The van der Waals surface area contributed by atoms with Crippen LogP contribution in [0.25, 0.3) is 0 Å². The van der Waals surface area contributed by atoms with E-state index in [0.29, 0.717) is 44.9 Å². The Balaban J connectivity index is 1.14. The van der Waals surface area contributed by atoms with Crippen molar-refractivity contribution in [2.45, 2.75) is 38.4 Å². The van der Waals surface area contributed by atoms with Gasteiger partial charge >= 0.3 is 0 Å². The Labute approximate surface area is 205 Å². The lowest BCUT2D eigenvalue weighted by molar-refractivity contribution is 0.122. The zero-order valence-electron chi connectivity index (χ0n) is 20.1. The number of ether oxygens (including phenoxy) is 1. The molecule has 3 aliphatic rings.